The van der Waals surface area contributed by atoms with Crippen LogP contribution in [0.1, 0.15) is 23.2 Å². The van der Waals surface area contributed by atoms with Gasteiger partial charge >= 0.3 is 0 Å². The minimum Gasteiger partial charge on any atom is -0.397 e. The first kappa shape index (κ1) is 11.6. The number of hydrogen-bond donors (Lipinski definition) is 1. The molecule has 1 aromatic carbocycles. The molecule has 0 amide bonds. The van der Waals surface area contributed by atoms with Gasteiger partial charge in [0.05, 0.1) is 5.69 Å². The summed E-state index contributed by atoms with van der Waals surface area (Å²) in [6.45, 7) is 1.99. The first-order valence-electron chi connectivity index (χ1n) is 6.25. The fourth-order valence-electron chi connectivity index (χ4n) is 2.35. The monoisotopic (exact) mass is 256 g/mol. The average Bonchev–Trinajstić information content (AvgIpc) is 2.81. The van der Waals surface area contributed by atoms with Crippen LogP contribution in [0.3, 0.4) is 0 Å². The van der Waals surface area contributed by atoms with Crippen molar-refractivity contribution >= 4 is 17.4 Å². The molecule has 18 heavy (non-hydrogen) atoms. The summed E-state index contributed by atoms with van der Waals surface area (Å²) in [7, 11) is 0. The Morgan fingerprint density at radius 2 is 1.94 bits per heavy atom. The molecule has 2 aromatic rings. The molecule has 2 nitrogen and oxygen atoms in total. The van der Waals surface area contributed by atoms with Gasteiger partial charge in [-0.05, 0) is 61.6 Å². The number of benzene rings is 1. The number of nitrogens with zero attached hydrogens (tertiary/aromatic N) is 1. The van der Waals surface area contributed by atoms with Crippen LogP contribution in [0.15, 0.2) is 40.3 Å². The van der Waals surface area contributed by atoms with E-state index in [-0.39, 0.29) is 0 Å². The Kier molecular flexibility index (Phi) is 3.00. The second-order valence-corrected chi connectivity index (χ2v) is 5.80. The standard InChI is InChI=1S/C15H16N2S/c1-10-5-8-14(16)15(17-10)18-13-7-6-11-3-2-4-12(11)9-13/h5-9H,2-4,16H2,1H3. The number of nitrogen functional groups attached to an aromatic ring is 1. The minimum absolute atomic E-state index is 0.756. The van der Waals surface area contributed by atoms with Crippen molar-refractivity contribution in [2.24, 2.45) is 0 Å². The third kappa shape index (κ3) is 2.23. The van der Waals surface area contributed by atoms with Gasteiger partial charge in [-0.2, -0.15) is 0 Å². The molecule has 1 aliphatic rings. The lowest BCUT2D eigenvalue weighted by Crippen LogP contribution is -1.93. The Bertz CT molecular complexity index is 593. The summed E-state index contributed by atoms with van der Waals surface area (Å²) in [6, 6.07) is 10.6. The van der Waals surface area contributed by atoms with Gasteiger partial charge in [0.1, 0.15) is 5.03 Å². The van der Waals surface area contributed by atoms with Gasteiger partial charge in [0.2, 0.25) is 0 Å². The first-order chi connectivity index (χ1) is 8.72. The van der Waals surface area contributed by atoms with Gasteiger partial charge in [0, 0.05) is 10.6 Å². The summed E-state index contributed by atoms with van der Waals surface area (Å²) >= 11 is 1.66. The molecular formula is C15H16N2S. The minimum atomic E-state index is 0.756. The van der Waals surface area contributed by atoms with E-state index in [2.05, 4.69) is 23.2 Å². The van der Waals surface area contributed by atoms with Gasteiger partial charge in [0.15, 0.2) is 0 Å². The Labute approximate surface area is 112 Å². The van der Waals surface area contributed by atoms with Crippen LogP contribution < -0.4 is 5.73 Å². The van der Waals surface area contributed by atoms with Gasteiger partial charge < -0.3 is 5.73 Å². The molecule has 3 rings (SSSR count). The number of anilines is 1. The molecule has 0 aliphatic heterocycles. The maximum absolute atomic E-state index is 5.97. The van der Waals surface area contributed by atoms with Crippen molar-refractivity contribution in [2.45, 2.75) is 36.1 Å². The van der Waals surface area contributed by atoms with E-state index in [4.69, 9.17) is 5.73 Å². The number of pyridine rings is 1. The van der Waals surface area contributed by atoms with E-state index in [1.54, 1.807) is 11.8 Å². The number of aryl methyl sites for hydroxylation is 3. The molecule has 0 atom stereocenters. The Morgan fingerprint density at radius 3 is 2.83 bits per heavy atom. The lowest BCUT2D eigenvalue weighted by molar-refractivity contribution is 0.911. The summed E-state index contributed by atoms with van der Waals surface area (Å²) < 4.78 is 0. The summed E-state index contributed by atoms with van der Waals surface area (Å²) in [4.78, 5) is 5.74. The molecule has 1 aromatic heterocycles. The number of nitrogens with two attached hydrogens (primary N) is 1. The molecule has 0 unspecified atom stereocenters. The van der Waals surface area contributed by atoms with E-state index < -0.39 is 0 Å². The lowest BCUT2D eigenvalue weighted by Gasteiger charge is -2.07. The second-order valence-electron chi connectivity index (χ2n) is 4.73. The fourth-order valence-corrected chi connectivity index (χ4v) is 3.28. The third-order valence-corrected chi connectivity index (χ3v) is 4.32. The Balaban J connectivity index is 1.90. The smallest absolute Gasteiger partial charge is 0.124 e. The van der Waals surface area contributed by atoms with E-state index in [9.17, 15) is 0 Å². The molecule has 1 aliphatic carbocycles. The second kappa shape index (κ2) is 4.65. The van der Waals surface area contributed by atoms with Crippen LogP contribution in [-0.2, 0) is 12.8 Å². The van der Waals surface area contributed by atoms with E-state index >= 15 is 0 Å². The zero-order chi connectivity index (χ0) is 12.5. The lowest BCUT2D eigenvalue weighted by atomic mass is 10.1. The van der Waals surface area contributed by atoms with Crippen molar-refractivity contribution in [3.05, 3.63) is 47.2 Å². The van der Waals surface area contributed by atoms with Crippen LogP contribution in [0, 0.1) is 6.92 Å². The number of aromatic nitrogens is 1. The SMILES string of the molecule is Cc1ccc(N)c(Sc2ccc3c(c2)CCC3)n1. The van der Waals surface area contributed by atoms with Crippen molar-refractivity contribution in [3.8, 4) is 0 Å². The van der Waals surface area contributed by atoms with Gasteiger partial charge in [-0.15, -0.1) is 0 Å². The predicted octanol–water partition coefficient (Wildman–Crippen LogP) is 3.61. The van der Waals surface area contributed by atoms with Crippen LogP contribution in [-0.4, -0.2) is 4.98 Å². The van der Waals surface area contributed by atoms with Crippen molar-refractivity contribution in [1.29, 1.82) is 0 Å². The number of fused-ring (bicyclic) bond motifs is 1. The molecule has 0 saturated carbocycles. The van der Waals surface area contributed by atoms with Crippen LogP contribution in [0.4, 0.5) is 5.69 Å². The highest BCUT2D eigenvalue weighted by Gasteiger charge is 2.12. The highest BCUT2D eigenvalue weighted by atomic mass is 32.2. The van der Waals surface area contributed by atoms with Crippen molar-refractivity contribution in [1.82, 2.24) is 4.98 Å². The first-order valence-corrected chi connectivity index (χ1v) is 7.07. The van der Waals surface area contributed by atoms with Gasteiger partial charge in [-0.25, -0.2) is 4.98 Å². The molecule has 1 heterocycles. The third-order valence-electron chi connectivity index (χ3n) is 3.31. The van der Waals surface area contributed by atoms with Gasteiger partial charge in [0.25, 0.3) is 0 Å². The highest BCUT2D eigenvalue weighted by Crippen LogP contribution is 2.33. The van der Waals surface area contributed by atoms with Gasteiger partial charge in [-0.3, -0.25) is 0 Å². The maximum Gasteiger partial charge on any atom is 0.124 e. The van der Waals surface area contributed by atoms with Crippen molar-refractivity contribution in [3.63, 3.8) is 0 Å². The Morgan fingerprint density at radius 1 is 1.11 bits per heavy atom. The number of rotatable bonds is 2. The van der Waals surface area contributed by atoms with Gasteiger partial charge in [-0.1, -0.05) is 17.8 Å². The molecule has 0 saturated heterocycles. The number of hydrogen-bond acceptors (Lipinski definition) is 3. The molecule has 0 fully saturated rings. The van der Waals surface area contributed by atoms with E-state index in [0.717, 1.165) is 16.4 Å². The van der Waals surface area contributed by atoms with Crippen LogP contribution in [0.5, 0.6) is 0 Å². The molecular weight excluding hydrogens is 240 g/mol. The summed E-state index contributed by atoms with van der Waals surface area (Å²) in [6.07, 6.45) is 3.72. The van der Waals surface area contributed by atoms with E-state index in [1.165, 1.54) is 35.3 Å². The van der Waals surface area contributed by atoms with Crippen LogP contribution in [0.25, 0.3) is 0 Å². The molecule has 3 heteroatoms. The highest BCUT2D eigenvalue weighted by molar-refractivity contribution is 7.99. The Hall–Kier alpha value is -1.48. The molecule has 0 spiro atoms. The van der Waals surface area contributed by atoms with Crippen LogP contribution >= 0.6 is 11.8 Å². The largest absolute Gasteiger partial charge is 0.397 e. The summed E-state index contributed by atoms with van der Waals surface area (Å²) in [5.74, 6) is 0. The van der Waals surface area contributed by atoms with Crippen molar-refractivity contribution < 1.29 is 0 Å². The molecule has 0 radical (unpaired) electrons. The fraction of sp³-hybridized carbons (Fsp3) is 0.267. The van der Waals surface area contributed by atoms with E-state index in [0.29, 0.717) is 0 Å². The quantitative estimate of drug-likeness (QED) is 0.892. The zero-order valence-electron chi connectivity index (χ0n) is 10.4. The van der Waals surface area contributed by atoms with Crippen LogP contribution in [0.2, 0.25) is 0 Å². The summed E-state index contributed by atoms with van der Waals surface area (Å²) in [5.41, 5.74) is 10.7. The molecule has 92 valence electrons. The summed E-state index contributed by atoms with van der Waals surface area (Å²) in [5, 5.41) is 0.910. The van der Waals surface area contributed by atoms with Crippen molar-refractivity contribution in [2.75, 3.05) is 5.73 Å². The molecule has 2 N–H and O–H groups in total. The zero-order valence-corrected chi connectivity index (χ0v) is 11.3. The maximum atomic E-state index is 5.97. The van der Waals surface area contributed by atoms with E-state index in [1.807, 2.05) is 19.1 Å². The average molecular weight is 256 g/mol. The normalized spacial score (nSPS) is 13.6. The molecule has 0 bridgehead atoms. The topological polar surface area (TPSA) is 38.9 Å². The predicted molar refractivity (Wildman–Crippen MR) is 76.0 cm³/mol.